The molecule has 1 amide bonds. The fourth-order valence-electron chi connectivity index (χ4n) is 2.25. The van der Waals surface area contributed by atoms with Gasteiger partial charge in [-0.3, -0.25) is 14.8 Å². The molecule has 19 heavy (non-hydrogen) atoms. The van der Waals surface area contributed by atoms with Crippen LogP contribution in [-0.4, -0.2) is 35.6 Å². The number of nitrogens with zero attached hydrogens (tertiary/aromatic N) is 2. The van der Waals surface area contributed by atoms with Gasteiger partial charge in [-0.25, -0.2) is 0 Å². The van der Waals surface area contributed by atoms with Crippen molar-refractivity contribution in [2.24, 2.45) is 5.92 Å². The lowest BCUT2D eigenvalue weighted by molar-refractivity contribution is 0.0946. The van der Waals surface area contributed by atoms with Crippen LogP contribution in [0.1, 0.15) is 16.8 Å². The molecule has 1 aromatic carbocycles. The van der Waals surface area contributed by atoms with Crippen molar-refractivity contribution >= 4 is 16.9 Å². The average Bonchev–Trinajstić information content (AvgIpc) is 2.97. The van der Waals surface area contributed by atoms with Gasteiger partial charge in [0.1, 0.15) is 5.52 Å². The summed E-state index contributed by atoms with van der Waals surface area (Å²) in [5.41, 5.74) is 1.95. The average molecular weight is 257 g/mol. The van der Waals surface area contributed by atoms with E-state index in [0.717, 1.165) is 25.2 Å². The van der Waals surface area contributed by atoms with E-state index in [-0.39, 0.29) is 5.91 Å². The van der Waals surface area contributed by atoms with Gasteiger partial charge in [0, 0.05) is 31.5 Å². The molecule has 1 atom stereocenters. The molecule has 1 aliphatic rings. The van der Waals surface area contributed by atoms with Gasteiger partial charge in [0.05, 0.1) is 17.7 Å². The molecular weight excluding hydrogens is 242 g/mol. The number of ether oxygens (including phenoxy) is 1. The number of carbonyl (C=O) groups excluding carboxylic acids is 1. The lowest BCUT2D eigenvalue weighted by Gasteiger charge is -2.10. The van der Waals surface area contributed by atoms with Gasteiger partial charge in [-0.2, -0.15) is 0 Å². The molecular formula is C14H15N3O2. The van der Waals surface area contributed by atoms with E-state index in [1.165, 1.54) is 0 Å². The number of para-hydroxylation sites is 1. The van der Waals surface area contributed by atoms with E-state index in [4.69, 9.17) is 4.74 Å². The molecule has 2 heterocycles. The predicted octanol–water partition coefficient (Wildman–Crippen LogP) is 1.40. The quantitative estimate of drug-likeness (QED) is 0.902. The number of benzene rings is 1. The number of hydrogen-bond donors (Lipinski definition) is 1. The first-order chi connectivity index (χ1) is 9.34. The van der Waals surface area contributed by atoms with Crippen molar-refractivity contribution < 1.29 is 9.53 Å². The molecule has 0 bridgehead atoms. The Kier molecular flexibility index (Phi) is 3.37. The van der Waals surface area contributed by atoms with E-state index < -0.39 is 0 Å². The molecule has 1 aliphatic heterocycles. The van der Waals surface area contributed by atoms with E-state index in [1.807, 2.05) is 12.1 Å². The summed E-state index contributed by atoms with van der Waals surface area (Å²) in [5, 5.41) is 2.95. The van der Waals surface area contributed by atoms with Crippen LogP contribution < -0.4 is 5.32 Å². The third-order valence-electron chi connectivity index (χ3n) is 3.32. The molecule has 5 heteroatoms. The number of nitrogens with one attached hydrogen (secondary N) is 1. The second-order valence-electron chi connectivity index (χ2n) is 4.67. The van der Waals surface area contributed by atoms with Crippen LogP contribution in [0.15, 0.2) is 30.6 Å². The Balaban J connectivity index is 1.77. The minimum absolute atomic E-state index is 0.0991. The van der Waals surface area contributed by atoms with E-state index >= 15 is 0 Å². The van der Waals surface area contributed by atoms with Gasteiger partial charge in [-0.1, -0.05) is 6.07 Å². The maximum absolute atomic E-state index is 12.2. The van der Waals surface area contributed by atoms with Crippen LogP contribution in [0.3, 0.4) is 0 Å². The lowest BCUT2D eigenvalue weighted by Crippen LogP contribution is -2.29. The molecule has 2 aromatic rings. The maximum atomic E-state index is 12.2. The van der Waals surface area contributed by atoms with Crippen molar-refractivity contribution in [3.05, 3.63) is 36.2 Å². The molecule has 0 unspecified atom stereocenters. The van der Waals surface area contributed by atoms with Gasteiger partial charge in [0.25, 0.3) is 5.91 Å². The van der Waals surface area contributed by atoms with Crippen LogP contribution >= 0.6 is 0 Å². The Morgan fingerprint density at radius 3 is 3.11 bits per heavy atom. The number of rotatable bonds is 3. The summed E-state index contributed by atoms with van der Waals surface area (Å²) >= 11 is 0. The standard InChI is InChI=1S/C14H15N3O2/c18-14(17-8-10-4-7-19-9-10)11-2-1-3-12-13(11)16-6-5-15-12/h1-3,5-6,10H,4,7-9H2,(H,17,18)/t10-/m1/s1. The third kappa shape index (κ3) is 2.56. The number of carbonyl (C=O) groups is 1. The SMILES string of the molecule is O=C(NC[C@H]1CCOC1)c1cccc2nccnc12. The van der Waals surface area contributed by atoms with Crippen molar-refractivity contribution in [1.29, 1.82) is 0 Å². The summed E-state index contributed by atoms with van der Waals surface area (Å²) in [7, 11) is 0. The van der Waals surface area contributed by atoms with E-state index in [9.17, 15) is 4.79 Å². The van der Waals surface area contributed by atoms with Crippen LogP contribution in [0.5, 0.6) is 0 Å². The number of hydrogen-bond acceptors (Lipinski definition) is 4. The summed E-state index contributed by atoms with van der Waals surface area (Å²) in [4.78, 5) is 20.6. The summed E-state index contributed by atoms with van der Waals surface area (Å²) in [6.07, 6.45) is 4.24. The first-order valence-electron chi connectivity index (χ1n) is 6.40. The highest BCUT2D eigenvalue weighted by Gasteiger charge is 2.17. The molecule has 1 saturated heterocycles. The molecule has 0 aliphatic carbocycles. The molecule has 1 fully saturated rings. The van der Waals surface area contributed by atoms with Crippen LogP contribution in [-0.2, 0) is 4.74 Å². The highest BCUT2D eigenvalue weighted by atomic mass is 16.5. The van der Waals surface area contributed by atoms with E-state index in [1.54, 1.807) is 18.5 Å². The highest BCUT2D eigenvalue weighted by molar-refractivity contribution is 6.04. The summed E-state index contributed by atoms with van der Waals surface area (Å²) in [6.45, 7) is 2.17. The molecule has 5 nitrogen and oxygen atoms in total. The number of amides is 1. The van der Waals surface area contributed by atoms with Gasteiger partial charge >= 0.3 is 0 Å². The van der Waals surface area contributed by atoms with Gasteiger partial charge in [0.15, 0.2) is 0 Å². The first-order valence-corrected chi connectivity index (χ1v) is 6.40. The summed E-state index contributed by atoms with van der Waals surface area (Å²) in [5.74, 6) is 0.322. The third-order valence-corrected chi connectivity index (χ3v) is 3.32. The monoisotopic (exact) mass is 257 g/mol. The molecule has 98 valence electrons. The van der Waals surface area contributed by atoms with Crippen molar-refractivity contribution in [2.75, 3.05) is 19.8 Å². The van der Waals surface area contributed by atoms with E-state index in [0.29, 0.717) is 23.5 Å². The second kappa shape index (κ2) is 5.32. The largest absolute Gasteiger partial charge is 0.381 e. The van der Waals surface area contributed by atoms with Gasteiger partial charge in [-0.15, -0.1) is 0 Å². The topological polar surface area (TPSA) is 64.1 Å². The van der Waals surface area contributed by atoms with Gasteiger partial charge < -0.3 is 10.1 Å². The molecule has 1 aromatic heterocycles. The fourth-order valence-corrected chi connectivity index (χ4v) is 2.25. The minimum atomic E-state index is -0.0991. The minimum Gasteiger partial charge on any atom is -0.381 e. The Bertz CT molecular complexity index is 589. The van der Waals surface area contributed by atoms with Crippen LogP contribution in [0.2, 0.25) is 0 Å². The van der Waals surface area contributed by atoms with Gasteiger partial charge in [-0.05, 0) is 18.6 Å². The Hall–Kier alpha value is -2.01. The predicted molar refractivity (Wildman–Crippen MR) is 70.8 cm³/mol. The molecule has 3 rings (SSSR count). The molecule has 0 radical (unpaired) electrons. The van der Waals surface area contributed by atoms with Crippen molar-refractivity contribution in [2.45, 2.75) is 6.42 Å². The normalized spacial score (nSPS) is 18.6. The summed E-state index contributed by atoms with van der Waals surface area (Å²) in [6, 6.07) is 5.45. The maximum Gasteiger partial charge on any atom is 0.253 e. The zero-order valence-corrected chi connectivity index (χ0v) is 10.5. The molecule has 0 saturated carbocycles. The van der Waals surface area contributed by atoms with E-state index in [2.05, 4.69) is 15.3 Å². The fraction of sp³-hybridized carbons (Fsp3) is 0.357. The van der Waals surface area contributed by atoms with Crippen LogP contribution in [0.4, 0.5) is 0 Å². The van der Waals surface area contributed by atoms with Crippen molar-refractivity contribution in [1.82, 2.24) is 15.3 Å². The van der Waals surface area contributed by atoms with Crippen molar-refractivity contribution in [3.63, 3.8) is 0 Å². The van der Waals surface area contributed by atoms with Crippen molar-refractivity contribution in [3.8, 4) is 0 Å². The summed E-state index contributed by atoms with van der Waals surface area (Å²) < 4.78 is 5.29. The Morgan fingerprint density at radius 2 is 2.26 bits per heavy atom. The number of fused-ring (bicyclic) bond motifs is 1. The Labute approximate surface area is 111 Å². The zero-order chi connectivity index (χ0) is 13.1. The highest BCUT2D eigenvalue weighted by Crippen LogP contribution is 2.15. The smallest absolute Gasteiger partial charge is 0.253 e. The Morgan fingerprint density at radius 1 is 1.37 bits per heavy atom. The molecule has 1 N–H and O–H groups in total. The first kappa shape index (κ1) is 12.0. The molecule has 0 spiro atoms. The number of aromatic nitrogens is 2. The second-order valence-corrected chi connectivity index (χ2v) is 4.67. The lowest BCUT2D eigenvalue weighted by atomic mass is 10.1. The zero-order valence-electron chi connectivity index (χ0n) is 10.5. The van der Waals surface area contributed by atoms with Crippen LogP contribution in [0, 0.1) is 5.92 Å². The van der Waals surface area contributed by atoms with Crippen LogP contribution in [0.25, 0.3) is 11.0 Å². The van der Waals surface area contributed by atoms with Gasteiger partial charge in [0.2, 0.25) is 0 Å².